The normalized spacial score (nSPS) is 42.2. The Kier molecular flexibility index (Phi) is 3.44. The molecule has 0 aromatic heterocycles. The quantitative estimate of drug-likeness (QED) is 0.255. The molecule has 3 aliphatic rings. The van der Waals surface area contributed by atoms with Crippen molar-refractivity contribution >= 4 is 18.2 Å². The summed E-state index contributed by atoms with van der Waals surface area (Å²) in [6.07, 6.45) is -1.99. The third-order valence-corrected chi connectivity index (χ3v) is 3.86. The van der Waals surface area contributed by atoms with Gasteiger partial charge in [-0.1, -0.05) is 0 Å². The van der Waals surface area contributed by atoms with Crippen LogP contribution in [-0.4, -0.2) is 75.0 Å². The standard InChI is InChI=1S/C10H14N6O7/c11-8-13-7(19)9(20)10(14-8,23-15-21)16(3-12-9)6-1-4(18)5(2-17)22-6/h3-6,17-18,20H,1-2H2,(H3,11,13,14,19)/t4-,5+,6+,9?,10?/m0/s1. The van der Waals surface area contributed by atoms with E-state index in [1.807, 2.05) is 0 Å². The van der Waals surface area contributed by atoms with E-state index in [0.717, 1.165) is 11.2 Å². The lowest BCUT2D eigenvalue weighted by Crippen LogP contribution is -2.71. The van der Waals surface area contributed by atoms with Crippen molar-refractivity contribution in [3.63, 3.8) is 0 Å². The van der Waals surface area contributed by atoms with E-state index in [1.54, 1.807) is 0 Å². The molecule has 2 unspecified atom stereocenters. The molecule has 0 bridgehead atoms. The van der Waals surface area contributed by atoms with Crippen LogP contribution in [0.5, 0.6) is 0 Å². The first-order valence-electron chi connectivity index (χ1n) is 6.56. The van der Waals surface area contributed by atoms with Crippen LogP contribution < -0.4 is 11.1 Å². The van der Waals surface area contributed by atoms with Gasteiger partial charge in [-0.25, -0.2) is 4.99 Å². The first kappa shape index (κ1) is 15.5. The highest BCUT2D eigenvalue weighted by molar-refractivity contribution is 6.04. The number of aliphatic hydroxyl groups is 3. The van der Waals surface area contributed by atoms with Gasteiger partial charge in [-0.05, 0) is 0 Å². The molecule has 0 aliphatic carbocycles. The lowest BCUT2D eigenvalue weighted by molar-refractivity contribution is -0.247. The van der Waals surface area contributed by atoms with Crippen molar-refractivity contribution in [3.05, 3.63) is 4.91 Å². The number of nitrogens with two attached hydrogens (primary N) is 1. The van der Waals surface area contributed by atoms with Crippen LogP contribution in [0, 0.1) is 4.91 Å². The fraction of sp³-hybridized carbons (Fsp3) is 0.700. The number of hydrogen-bond acceptors (Lipinski definition) is 12. The minimum atomic E-state index is -2.63. The first-order valence-corrected chi connectivity index (χ1v) is 6.56. The van der Waals surface area contributed by atoms with Crippen LogP contribution >= 0.6 is 0 Å². The van der Waals surface area contributed by atoms with Gasteiger partial charge < -0.3 is 30.6 Å². The van der Waals surface area contributed by atoms with Crippen LogP contribution in [0.25, 0.3) is 0 Å². The first-order chi connectivity index (χ1) is 10.9. The monoisotopic (exact) mass is 330 g/mol. The molecule has 13 nitrogen and oxygen atoms in total. The Labute approximate surface area is 128 Å². The fourth-order valence-corrected chi connectivity index (χ4v) is 2.73. The van der Waals surface area contributed by atoms with E-state index >= 15 is 0 Å². The maximum atomic E-state index is 12.0. The average Bonchev–Trinajstić information content (AvgIpc) is 2.99. The second kappa shape index (κ2) is 5.09. The zero-order valence-electron chi connectivity index (χ0n) is 11.6. The molecule has 1 fully saturated rings. The maximum absolute atomic E-state index is 12.0. The number of amides is 1. The van der Waals surface area contributed by atoms with Gasteiger partial charge in [-0.3, -0.25) is 15.0 Å². The second-order valence-electron chi connectivity index (χ2n) is 5.16. The van der Waals surface area contributed by atoms with Gasteiger partial charge in [0.2, 0.25) is 5.96 Å². The van der Waals surface area contributed by atoms with Crippen molar-refractivity contribution in [2.24, 2.45) is 21.1 Å². The molecule has 0 spiro atoms. The van der Waals surface area contributed by atoms with Crippen LogP contribution in [0.3, 0.4) is 0 Å². The number of nitrogens with zero attached hydrogens (tertiary/aromatic N) is 4. The number of hydrogen-bond donors (Lipinski definition) is 5. The Bertz CT molecular complexity index is 598. The number of carbonyl (C=O) groups is 1. The molecule has 5 atom stereocenters. The summed E-state index contributed by atoms with van der Waals surface area (Å²) in [4.78, 5) is 35.7. The summed E-state index contributed by atoms with van der Waals surface area (Å²) in [5.41, 5.74) is 2.84. The van der Waals surface area contributed by atoms with Gasteiger partial charge in [0, 0.05) is 6.42 Å². The van der Waals surface area contributed by atoms with E-state index in [1.165, 1.54) is 0 Å². The molecule has 3 heterocycles. The van der Waals surface area contributed by atoms with E-state index in [-0.39, 0.29) is 6.42 Å². The van der Waals surface area contributed by atoms with Crippen LogP contribution in [0.15, 0.2) is 15.3 Å². The Morgan fingerprint density at radius 2 is 2.39 bits per heavy atom. The molecular formula is C10H14N6O7. The SMILES string of the molecule is NC1=NC2(ON=O)N([C@H]3C[C@H](O)[C@@H](CO)O3)C=NC2(O)C(=O)N1. The topological polar surface area (TPSA) is 192 Å². The molecule has 0 aromatic rings. The van der Waals surface area contributed by atoms with Gasteiger partial charge in [-0.15, -0.1) is 4.91 Å². The van der Waals surface area contributed by atoms with Gasteiger partial charge in [0.1, 0.15) is 12.3 Å². The van der Waals surface area contributed by atoms with Crippen molar-refractivity contribution in [1.29, 1.82) is 0 Å². The highest BCUT2D eigenvalue weighted by atomic mass is 16.8. The summed E-state index contributed by atoms with van der Waals surface area (Å²) in [6, 6.07) is 0. The Balaban J connectivity index is 2.02. The van der Waals surface area contributed by atoms with Crippen LogP contribution in [-0.2, 0) is 14.4 Å². The predicted molar refractivity (Wildman–Crippen MR) is 71.0 cm³/mol. The molecule has 23 heavy (non-hydrogen) atoms. The lowest BCUT2D eigenvalue weighted by Gasteiger charge is -2.41. The second-order valence-corrected chi connectivity index (χ2v) is 5.16. The van der Waals surface area contributed by atoms with Gasteiger partial charge >= 0.3 is 11.6 Å². The molecular weight excluding hydrogens is 316 g/mol. The summed E-state index contributed by atoms with van der Waals surface area (Å²) in [5, 5.41) is 33.7. The van der Waals surface area contributed by atoms with E-state index in [4.69, 9.17) is 15.6 Å². The third-order valence-electron chi connectivity index (χ3n) is 3.86. The predicted octanol–water partition coefficient (Wildman–Crippen LogP) is -3.72. The average molecular weight is 330 g/mol. The number of aliphatic hydroxyl groups excluding tert-OH is 2. The zero-order valence-corrected chi connectivity index (χ0v) is 11.6. The number of nitrogens with one attached hydrogen (secondary N) is 1. The van der Waals surface area contributed by atoms with Gasteiger partial charge in [-0.2, -0.15) is 4.99 Å². The highest BCUT2D eigenvalue weighted by Crippen LogP contribution is 2.42. The van der Waals surface area contributed by atoms with Crippen molar-refractivity contribution in [1.82, 2.24) is 10.2 Å². The van der Waals surface area contributed by atoms with Crippen molar-refractivity contribution in [2.75, 3.05) is 6.61 Å². The molecule has 13 heteroatoms. The van der Waals surface area contributed by atoms with Crippen LogP contribution in [0.2, 0.25) is 0 Å². The number of fused-ring (bicyclic) bond motifs is 1. The highest BCUT2D eigenvalue weighted by Gasteiger charge is 2.71. The largest absolute Gasteiger partial charge is 0.394 e. The fourth-order valence-electron chi connectivity index (χ4n) is 2.73. The summed E-state index contributed by atoms with van der Waals surface area (Å²) >= 11 is 0. The summed E-state index contributed by atoms with van der Waals surface area (Å²) in [7, 11) is 0. The number of carbonyl (C=O) groups excluding carboxylic acids is 1. The van der Waals surface area contributed by atoms with Crippen LogP contribution in [0.1, 0.15) is 6.42 Å². The zero-order chi connectivity index (χ0) is 16.8. The van der Waals surface area contributed by atoms with Crippen molar-refractivity contribution in [3.8, 4) is 0 Å². The van der Waals surface area contributed by atoms with Crippen molar-refractivity contribution < 1.29 is 29.7 Å². The van der Waals surface area contributed by atoms with Gasteiger partial charge in [0.25, 0.3) is 5.91 Å². The summed E-state index contributed by atoms with van der Waals surface area (Å²) < 4.78 is 5.40. The smallest absolute Gasteiger partial charge is 0.374 e. The molecule has 1 amide bonds. The van der Waals surface area contributed by atoms with Crippen LogP contribution in [0.4, 0.5) is 0 Å². The third kappa shape index (κ3) is 1.98. The van der Waals surface area contributed by atoms with E-state index in [9.17, 15) is 19.9 Å². The molecule has 0 radical (unpaired) electrons. The van der Waals surface area contributed by atoms with E-state index in [0.29, 0.717) is 0 Å². The molecule has 0 saturated carbocycles. The van der Waals surface area contributed by atoms with E-state index in [2.05, 4.69) is 25.5 Å². The molecule has 0 aromatic carbocycles. The lowest BCUT2D eigenvalue weighted by atomic mass is 10.1. The Hall–Kier alpha value is -2.35. The summed E-state index contributed by atoms with van der Waals surface area (Å²) in [6.45, 7) is -0.460. The molecule has 3 rings (SSSR count). The Morgan fingerprint density at radius 1 is 1.65 bits per heavy atom. The number of aliphatic imine (C=N–C) groups is 2. The molecule has 126 valence electrons. The van der Waals surface area contributed by atoms with E-state index < -0.39 is 48.5 Å². The maximum Gasteiger partial charge on any atom is 0.374 e. The molecule has 1 saturated heterocycles. The minimum absolute atomic E-state index is 0.0334. The Morgan fingerprint density at radius 3 is 3.00 bits per heavy atom. The summed E-state index contributed by atoms with van der Waals surface area (Å²) in [5.74, 6) is -3.92. The van der Waals surface area contributed by atoms with Crippen molar-refractivity contribution in [2.45, 2.75) is 36.4 Å². The number of rotatable bonds is 4. The number of guanidine groups is 1. The minimum Gasteiger partial charge on any atom is -0.394 e. The van der Waals surface area contributed by atoms with Gasteiger partial charge in [0.05, 0.1) is 19.0 Å². The molecule has 3 aliphatic heterocycles. The molecule has 6 N–H and O–H groups in total. The van der Waals surface area contributed by atoms with Gasteiger partial charge in [0.15, 0.2) is 5.34 Å². The number of ether oxygens (including phenoxy) is 1.